The van der Waals surface area contributed by atoms with Crippen molar-refractivity contribution in [2.45, 2.75) is 24.7 Å². The van der Waals surface area contributed by atoms with Crippen molar-refractivity contribution in [1.29, 1.82) is 5.26 Å². The van der Waals surface area contributed by atoms with E-state index in [2.05, 4.69) is 33.7 Å². The van der Waals surface area contributed by atoms with Crippen LogP contribution in [0.2, 0.25) is 0 Å². The summed E-state index contributed by atoms with van der Waals surface area (Å²) in [6.07, 6.45) is -1.44. The van der Waals surface area contributed by atoms with Gasteiger partial charge in [0.2, 0.25) is 0 Å². The predicted molar refractivity (Wildman–Crippen MR) is 131 cm³/mol. The minimum absolute atomic E-state index is 0.221. The van der Waals surface area contributed by atoms with E-state index in [-0.39, 0.29) is 19.6 Å². The fraction of sp³-hybridized carbons (Fsp3) is 0.458. The van der Waals surface area contributed by atoms with Gasteiger partial charge in [-0.1, -0.05) is 18.2 Å². The molecule has 2 heterocycles. The number of sulfonamides is 1. The van der Waals surface area contributed by atoms with Crippen LogP contribution in [0.3, 0.4) is 0 Å². The first-order chi connectivity index (χ1) is 16.3. The first kappa shape index (κ1) is 24.6. The van der Waals surface area contributed by atoms with Crippen LogP contribution >= 0.6 is 0 Å². The Morgan fingerprint density at radius 2 is 1.88 bits per heavy atom. The molecule has 0 amide bonds. The lowest BCUT2D eigenvalue weighted by atomic mass is 10.0. The molecule has 0 saturated carbocycles. The Balaban J connectivity index is 1.49. The van der Waals surface area contributed by atoms with Gasteiger partial charge in [0.25, 0.3) is 10.0 Å². The second kappa shape index (κ2) is 10.4. The molecule has 2 fully saturated rings. The zero-order valence-electron chi connectivity index (χ0n) is 19.1. The molecule has 2 aliphatic heterocycles. The molecule has 4 rings (SSSR count). The van der Waals surface area contributed by atoms with Crippen molar-refractivity contribution in [3.05, 3.63) is 46.9 Å². The number of allylic oxidation sites excluding steroid dienone is 1. The second-order valence-corrected chi connectivity index (χ2v) is 10.5. The maximum atomic E-state index is 12.7. The van der Waals surface area contributed by atoms with Crippen LogP contribution in [-0.2, 0) is 14.8 Å². The molecule has 2 aliphatic rings. The maximum absolute atomic E-state index is 12.7. The summed E-state index contributed by atoms with van der Waals surface area (Å²) in [4.78, 5) is 4.22. The Kier molecular flexibility index (Phi) is 7.52. The van der Waals surface area contributed by atoms with E-state index in [4.69, 9.17) is 4.74 Å². The van der Waals surface area contributed by atoms with Gasteiger partial charge in [-0.15, -0.1) is 0 Å². The molecular weight excluding hydrogens is 456 g/mol. The monoisotopic (exact) mass is 486 g/mol. The van der Waals surface area contributed by atoms with Gasteiger partial charge in [-0.25, -0.2) is 13.1 Å². The third-order valence-electron chi connectivity index (χ3n) is 6.41. The summed E-state index contributed by atoms with van der Waals surface area (Å²) >= 11 is 0. The Bertz CT molecular complexity index is 1200. The van der Waals surface area contributed by atoms with Gasteiger partial charge in [-0.3, -0.25) is 0 Å². The number of nitrogens with zero attached hydrogens (tertiary/aromatic N) is 3. The highest BCUT2D eigenvalue weighted by atomic mass is 32.2. The number of aliphatic hydroxyl groups excluding tert-OH is 2. The number of ether oxygens (including phenoxy) is 1. The summed E-state index contributed by atoms with van der Waals surface area (Å²) in [5.41, 5.74) is 1.75. The average Bonchev–Trinajstić information content (AvgIpc) is 2.83. The number of benzene rings is 2. The van der Waals surface area contributed by atoms with Crippen molar-refractivity contribution < 1.29 is 23.4 Å². The lowest BCUT2D eigenvalue weighted by molar-refractivity contribution is -0.131. The van der Waals surface area contributed by atoms with Crippen LogP contribution < -0.4 is 9.62 Å². The van der Waals surface area contributed by atoms with Crippen molar-refractivity contribution in [3.63, 3.8) is 0 Å². The van der Waals surface area contributed by atoms with Gasteiger partial charge in [-0.2, -0.15) is 5.26 Å². The number of hydrogen-bond donors (Lipinski definition) is 3. The number of hydrogen-bond acceptors (Lipinski definition) is 8. The van der Waals surface area contributed by atoms with Crippen LogP contribution in [0.4, 0.5) is 5.69 Å². The molecule has 2 saturated heterocycles. The molecule has 0 unspecified atom stereocenters. The molecule has 9 nitrogen and oxygen atoms in total. The third-order valence-corrected chi connectivity index (χ3v) is 7.74. The van der Waals surface area contributed by atoms with Crippen molar-refractivity contribution in [3.8, 4) is 6.07 Å². The number of piperazine rings is 1. The highest BCUT2D eigenvalue weighted by Gasteiger charge is 2.32. The minimum atomic E-state index is -4.12. The van der Waals surface area contributed by atoms with E-state index in [1.54, 1.807) is 12.1 Å². The van der Waals surface area contributed by atoms with Crippen LogP contribution in [0, 0.1) is 11.3 Å². The van der Waals surface area contributed by atoms with Crippen LogP contribution in [-0.4, -0.2) is 88.2 Å². The smallest absolute Gasteiger partial charge is 0.250 e. The van der Waals surface area contributed by atoms with E-state index < -0.39 is 33.2 Å². The number of nitrogens with one attached hydrogen (secondary N) is 1. The molecule has 2 aromatic carbocycles. The Morgan fingerprint density at radius 3 is 2.62 bits per heavy atom. The molecule has 0 aromatic heterocycles. The normalized spacial score (nSPS) is 24.8. The van der Waals surface area contributed by atoms with Gasteiger partial charge in [0.1, 0.15) is 12.2 Å². The zero-order chi connectivity index (χ0) is 24.3. The van der Waals surface area contributed by atoms with Crippen LogP contribution in [0.5, 0.6) is 0 Å². The van der Waals surface area contributed by atoms with Crippen molar-refractivity contribution in [2.24, 2.45) is 0 Å². The molecule has 0 aliphatic carbocycles. The Morgan fingerprint density at radius 1 is 1.18 bits per heavy atom. The molecule has 3 N–H and O–H groups in total. The molecule has 34 heavy (non-hydrogen) atoms. The fourth-order valence-electron chi connectivity index (χ4n) is 4.23. The van der Waals surface area contributed by atoms with Crippen molar-refractivity contribution in [1.82, 2.24) is 9.62 Å². The lowest BCUT2D eigenvalue weighted by Gasteiger charge is -2.34. The van der Waals surface area contributed by atoms with E-state index >= 15 is 0 Å². The summed E-state index contributed by atoms with van der Waals surface area (Å²) in [7, 11) is -2.00. The number of anilines is 1. The topological polar surface area (TPSA) is 126 Å². The predicted octanol–water partition coefficient (Wildman–Crippen LogP) is 0.886. The first-order valence-electron chi connectivity index (χ1n) is 11.3. The molecule has 0 radical (unpaired) electrons. The first-order valence-corrected chi connectivity index (χ1v) is 12.8. The maximum Gasteiger partial charge on any atom is 0.250 e. The standard InChI is InChI=1S/C24H30N4O5S/c1-27-7-9-28(10-8-27)20-5-4-18-12-17(2-3-19(18)14-20)13-21(15-25)34(31,32)26-16-23-24(30)22(29)6-11-33-23/h2-5,12-14,22-24,26,29-30H,6-11,16H2,1H3/b21-13+/t22-,23-,24+/m1/s1. The lowest BCUT2D eigenvalue weighted by Crippen LogP contribution is -2.49. The van der Waals surface area contributed by atoms with Crippen molar-refractivity contribution >= 4 is 32.6 Å². The summed E-state index contributed by atoms with van der Waals surface area (Å²) in [6, 6.07) is 13.5. The van der Waals surface area contributed by atoms with Gasteiger partial charge in [0, 0.05) is 45.0 Å². The van der Waals surface area contributed by atoms with Gasteiger partial charge < -0.3 is 24.7 Å². The summed E-state index contributed by atoms with van der Waals surface area (Å²) < 4.78 is 33.0. The van der Waals surface area contributed by atoms with Gasteiger partial charge in [-0.05, 0) is 54.1 Å². The molecule has 2 aromatic rings. The van der Waals surface area contributed by atoms with Crippen molar-refractivity contribution in [2.75, 3.05) is 51.3 Å². The van der Waals surface area contributed by atoms with E-state index in [0.717, 1.165) is 42.6 Å². The Labute approximate surface area is 199 Å². The van der Waals surface area contributed by atoms with Crippen LogP contribution in [0.1, 0.15) is 12.0 Å². The summed E-state index contributed by atoms with van der Waals surface area (Å²) in [5.74, 6) is 0. The number of rotatable bonds is 6. The fourth-order valence-corrected chi connectivity index (χ4v) is 5.18. The minimum Gasteiger partial charge on any atom is -0.390 e. The number of aliphatic hydroxyl groups is 2. The highest BCUT2D eigenvalue weighted by molar-refractivity contribution is 7.93. The molecule has 3 atom stereocenters. The Hall–Kier alpha value is -2.52. The van der Waals surface area contributed by atoms with Crippen LogP contribution in [0.25, 0.3) is 16.8 Å². The molecule has 0 spiro atoms. The highest BCUT2D eigenvalue weighted by Crippen LogP contribution is 2.25. The number of likely N-dealkylation sites (N-methyl/N-ethyl adjacent to an activating group) is 1. The largest absolute Gasteiger partial charge is 0.390 e. The zero-order valence-corrected chi connectivity index (χ0v) is 19.9. The molecule has 182 valence electrons. The number of fused-ring (bicyclic) bond motifs is 1. The summed E-state index contributed by atoms with van der Waals surface area (Å²) in [5, 5.41) is 31.2. The van der Waals surface area contributed by atoms with E-state index in [1.165, 1.54) is 6.08 Å². The molecule has 0 bridgehead atoms. The average molecular weight is 487 g/mol. The quantitative estimate of drug-likeness (QED) is 0.514. The summed E-state index contributed by atoms with van der Waals surface area (Å²) in [6.45, 7) is 3.97. The SMILES string of the molecule is CN1CCN(c2ccc3cc(/C=C(\C#N)S(=O)(=O)NC[C@H]4OCC[C@@H](O)[C@@H]4O)ccc3c2)CC1. The number of nitriles is 1. The van der Waals surface area contributed by atoms with E-state index in [9.17, 15) is 23.9 Å². The molecular formula is C24H30N4O5S. The van der Waals surface area contributed by atoms with Gasteiger partial charge in [0.05, 0.1) is 12.2 Å². The molecule has 10 heteroatoms. The van der Waals surface area contributed by atoms with Gasteiger partial charge in [0.15, 0.2) is 4.91 Å². The van der Waals surface area contributed by atoms with E-state index in [0.29, 0.717) is 5.56 Å². The van der Waals surface area contributed by atoms with Crippen LogP contribution in [0.15, 0.2) is 41.3 Å². The second-order valence-electron chi connectivity index (χ2n) is 8.81. The van der Waals surface area contributed by atoms with E-state index in [1.807, 2.05) is 18.2 Å². The van der Waals surface area contributed by atoms with Gasteiger partial charge >= 0.3 is 0 Å². The third kappa shape index (κ3) is 5.58.